The first-order valence-electron chi connectivity index (χ1n) is 9.97. The number of rotatable bonds is 8. The minimum atomic E-state index is -1.48. The number of carbonyl (C=O) groups excluding carboxylic acids is 1. The third-order valence-electron chi connectivity index (χ3n) is 4.62. The molecule has 0 radical (unpaired) electrons. The summed E-state index contributed by atoms with van der Waals surface area (Å²) >= 11 is 12.5. The first-order valence-corrected chi connectivity index (χ1v) is 10.7. The van der Waals surface area contributed by atoms with Crippen LogP contribution in [0.15, 0.2) is 48.5 Å². The summed E-state index contributed by atoms with van der Waals surface area (Å²) in [6.07, 6.45) is 0. The summed E-state index contributed by atoms with van der Waals surface area (Å²) in [5, 5.41) is 0.535. The number of carbonyl (C=O) groups is 1. The van der Waals surface area contributed by atoms with Gasteiger partial charge in [0.1, 0.15) is 16.7 Å². The zero-order valence-corrected chi connectivity index (χ0v) is 19.4. The van der Waals surface area contributed by atoms with Crippen LogP contribution in [0.5, 0.6) is 11.5 Å². The van der Waals surface area contributed by atoms with Gasteiger partial charge >= 0.3 is 5.97 Å². The van der Waals surface area contributed by atoms with E-state index in [4.69, 9.17) is 43.1 Å². The highest BCUT2D eigenvalue weighted by molar-refractivity contribution is 6.33. The minimum absolute atomic E-state index is 0.0336. The van der Waals surface area contributed by atoms with Crippen LogP contribution in [0.25, 0.3) is 11.3 Å². The first-order chi connectivity index (χ1) is 15.3. The standard InChI is InChI=1S/C23H23Cl2N3O4/c1-4-30-19-9-7-6-8-16(19)23(3,21(29)31-5-2)32-14-10-11-15(17(24)12-14)18-13-20(25)28-22(26)27-18/h6-13H,4-5H2,1-3H3,(H2,26,27,28). The van der Waals surface area contributed by atoms with Crippen LogP contribution in [-0.4, -0.2) is 29.2 Å². The van der Waals surface area contributed by atoms with Gasteiger partial charge in [-0.15, -0.1) is 0 Å². The molecular formula is C23H23Cl2N3O4. The number of nitrogens with two attached hydrogens (primary N) is 1. The summed E-state index contributed by atoms with van der Waals surface area (Å²) in [7, 11) is 0. The average molecular weight is 476 g/mol. The van der Waals surface area contributed by atoms with Gasteiger partial charge in [0, 0.05) is 17.2 Å². The number of anilines is 1. The summed E-state index contributed by atoms with van der Waals surface area (Å²) in [6, 6.07) is 13.7. The number of nitrogen functional groups attached to an aromatic ring is 1. The summed E-state index contributed by atoms with van der Waals surface area (Å²) in [6.45, 7) is 5.86. The molecule has 3 aromatic rings. The number of ether oxygens (including phenoxy) is 3. The normalized spacial score (nSPS) is 12.7. The van der Waals surface area contributed by atoms with Gasteiger partial charge in [-0.1, -0.05) is 41.4 Å². The van der Waals surface area contributed by atoms with Gasteiger partial charge in [0.25, 0.3) is 0 Å². The number of benzene rings is 2. The number of nitrogens with zero attached hydrogens (tertiary/aromatic N) is 2. The Morgan fingerprint density at radius 1 is 1.06 bits per heavy atom. The quantitative estimate of drug-likeness (QED) is 0.349. The molecule has 3 rings (SSSR count). The molecule has 9 heteroatoms. The van der Waals surface area contributed by atoms with Gasteiger partial charge < -0.3 is 19.9 Å². The number of esters is 1. The lowest BCUT2D eigenvalue weighted by atomic mass is 9.94. The number of halogens is 2. The maximum Gasteiger partial charge on any atom is 0.355 e. The van der Waals surface area contributed by atoms with Gasteiger partial charge in [-0.2, -0.15) is 0 Å². The molecule has 32 heavy (non-hydrogen) atoms. The Labute approximate surface area is 196 Å². The number of para-hydroxylation sites is 1. The van der Waals surface area contributed by atoms with Crippen molar-refractivity contribution in [1.82, 2.24) is 9.97 Å². The minimum Gasteiger partial charge on any atom is -0.493 e. The Bertz CT molecular complexity index is 1110. The van der Waals surface area contributed by atoms with Crippen LogP contribution >= 0.6 is 23.2 Å². The lowest BCUT2D eigenvalue weighted by Crippen LogP contribution is -2.40. The van der Waals surface area contributed by atoms with Gasteiger partial charge in [-0.3, -0.25) is 0 Å². The highest BCUT2D eigenvalue weighted by atomic mass is 35.5. The summed E-state index contributed by atoms with van der Waals surface area (Å²) in [5.74, 6) is 0.363. The zero-order valence-electron chi connectivity index (χ0n) is 17.9. The summed E-state index contributed by atoms with van der Waals surface area (Å²) in [4.78, 5) is 21.0. The average Bonchev–Trinajstić information content (AvgIpc) is 2.74. The molecule has 1 unspecified atom stereocenters. The van der Waals surface area contributed by atoms with E-state index in [-0.39, 0.29) is 17.7 Å². The van der Waals surface area contributed by atoms with E-state index in [2.05, 4.69) is 9.97 Å². The molecule has 1 heterocycles. The SMILES string of the molecule is CCOC(=O)C(C)(Oc1ccc(-c2cc(Cl)nc(N)n2)c(Cl)c1)c1ccccc1OCC. The molecule has 0 saturated heterocycles. The van der Waals surface area contributed by atoms with E-state index in [9.17, 15) is 4.79 Å². The molecule has 0 spiro atoms. The molecule has 2 aromatic carbocycles. The molecule has 0 aliphatic heterocycles. The topological polar surface area (TPSA) is 96.6 Å². The fourth-order valence-corrected chi connectivity index (χ4v) is 3.65. The van der Waals surface area contributed by atoms with Crippen molar-refractivity contribution in [3.05, 3.63) is 64.3 Å². The number of aromatic nitrogens is 2. The zero-order chi connectivity index (χ0) is 23.3. The molecule has 0 amide bonds. The van der Waals surface area contributed by atoms with Crippen molar-refractivity contribution in [2.45, 2.75) is 26.4 Å². The van der Waals surface area contributed by atoms with Crippen molar-refractivity contribution in [3.63, 3.8) is 0 Å². The van der Waals surface area contributed by atoms with Gasteiger partial charge in [0.15, 0.2) is 0 Å². The molecule has 2 N–H and O–H groups in total. The van der Waals surface area contributed by atoms with Gasteiger partial charge in [-0.25, -0.2) is 14.8 Å². The molecule has 168 valence electrons. The molecule has 0 saturated carbocycles. The van der Waals surface area contributed by atoms with Crippen LogP contribution in [0.2, 0.25) is 10.2 Å². The van der Waals surface area contributed by atoms with Gasteiger partial charge in [0.2, 0.25) is 11.5 Å². The van der Waals surface area contributed by atoms with Crippen molar-refractivity contribution >= 4 is 35.1 Å². The van der Waals surface area contributed by atoms with Crippen LogP contribution in [-0.2, 0) is 15.1 Å². The van der Waals surface area contributed by atoms with Crippen LogP contribution in [0, 0.1) is 0 Å². The van der Waals surface area contributed by atoms with E-state index in [0.717, 1.165) is 0 Å². The lowest BCUT2D eigenvalue weighted by Gasteiger charge is -2.30. The van der Waals surface area contributed by atoms with Crippen LogP contribution < -0.4 is 15.2 Å². The van der Waals surface area contributed by atoms with Crippen molar-refractivity contribution in [1.29, 1.82) is 0 Å². The molecule has 0 aliphatic rings. The predicted molar refractivity (Wildman–Crippen MR) is 124 cm³/mol. The van der Waals surface area contributed by atoms with E-state index in [1.54, 1.807) is 56.3 Å². The molecule has 1 atom stereocenters. The Kier molecular flexibility index (Phi) is 7.43. The van der Waals surface area contributed by atoms with Gasteiger partial charge in [0.05, 0.1) is 23.9 Å². The number of hydrogen-bond donors (Lipinski definition) is 1. The van der Waals surface area contributed by atoms with Crippen molar-refractivity contribution < 1.29 is 19.0 Å². The Hall–Kier alpha value is -3.03. The fourth-order valence-electron chi connectivity index (χ4n) is 3.19. The first kappa shape index (κ1) is 23.6. The smallest absolute Gasteiger partial charge is 0.355 e. The maximum atomic E-state index is 13.0. The summed E-state index contributed by atoms with van der Waals surface area (Å²) < 4.78 is 17.2. The van der Waals surface area contributed by atoms with Crippen molar-refractivity contribution in [2.75, 3.05) is 18.9 Å². The largest absolute Gasteiger partial charge is 0.493 e. The number of hydrogen-bond acceptors (Lipinski definition) is 7. The molecule has 7 nitrogen and oxygen atoms in total. The second-order valence-electron chi connectivity index (χ2n) is 6.86. The predicted octanol–water partition coefficient (Wildman–Crippen LogP) is 5.29. The van der Waals surface area contributed by atoms with E-state index in [1.807, 2.05) is 13.0 Å². The second-order valence-corrected chi connectivity index (χ2v) is 7.66. The van der Waals surface area contributed by atoms with Gasteiger partial charge in [-0.05, 0) is 45.0 Å². The van der Waals surface area contributed by atoms with Crippen LogP contribution in [0.4, 0.5) is 5.95 Å². The van der Waals surface area contributed by atoms with E-state index < -0.39 is 11.6 Å². The fraction of sp³-hybridized carbons (Fsp3) is 0.261. The van der Waals surface area contributed by atoms with E-state index in [0.29, 0.717) is 39.9 Å². The monoisotopic (exact) mass is 475 g/mol. The third kappa shape index (κ3) is 5.06. The molecular weight excluding hydrogens is 453 g/mol. The highest BCUT2D eigenvalue weighted by Crippen LogP contribution is 2.38. The second kappa shape index (κ2) is 10.1. The lowest BCUT2D eigenvalue weighted by molar-refractivity contribution is -0.161. The van der Waals surface area contributed by atoms with Crippen LogP contribution in [0.1, 0.15) is 26.3 Å². The maximum absolute atomic E-state index is 13.0. The third-order valence-corrected chi connectivity index (χ3v) is 5.12. The van der Waals surface area contributed by atoms with Crippen molar-refractivity contribution in [3.8, 4) is 22.8 Å². The summed E-state index contributed by atoms with van der Waals surface area (Å²) in [5.41, 5.74) is 5.80. The van der Waals surface area contributed by atoms with E-state index >= 15 is 0 Å². The van der Waals surface area contributed by atoms with Crippen LogP contribution in [0.3, 0.4) is 0 Å². The molecule has 0 aliphatic carbocycles. The Morgan fingerprint density at radius 2 is 1.81 bits per heavy atom. The van der Waals surface area contributed by atoms with Crippen molar-refractivity contribution in [2.24, 2.45) is 0 Å². The molecule has 0 fully saturated rings. The molecule has 0 bridgehead atoms. The Morgan fingerprint density at radius 3 is 2.47 bits per heavy atom. The highest BCUT2D eigenvalue weighted by Gasteiger charge is 2.42. The van der Waals surface area contributed by atoms with E-state index in [1.165, 1.54) is 0 Å². The molecule has 1 aromatic heterocycles. The Balaban J connectivity index is 2.02.